The number of rotatable bonds is 4. The first-order valence-corrected chi connectivity index (χ1v) is 8.79. The van der Waals surface area contributed by atoms with Gasteiger partial charge in [-0.25, -0.2) is 9.97 Å². The molecule has 3 rings (SSSR count). The van der Waals surface area contributed by atoms with Gasteiger partial charge < -0.3 is 10.1 Å². The van der Waals surface area contributed by atoms with Gasteiger partial charge in [0.15, 0.2) is 11.3 Å². The molecule has 0 spiro atoms. The summed E-state index contributed by atoms with van der Waals surface area (Å²) >= 11 is 0. The number of hydrogen-bond acceptors (Lipinski definition) is 7. The SMILES string of the molecule is Cn1nc(Nc2ccc(C(F)(F)F)nc2)c2ncn(CC(=O)OC(C)(C)C)c(=O)c21. The highest BCUT2D eigenvalue weighted by Gasteiger charge is 2.32. The molecule has 3 heterocycles. The molecular formula is C18H19F3N6O3. The smallest absolute Gasteiger partial charge is 0.433 e. The first kappa shape index (κ1) is 21.3. The number of pyridine rings is 1. The summed E-state index contributed by atoms with van der Waals surface area (Å²) < 4.78 is 45.5. The number of nitrogens with one attached hydrogen (secondary N) is 1. The monoisotopic (exact) mass is 424 g/mol. The first-order chi connectivity index (χ1) is 13.8. The lowest BCUT2D eigenvalue weighted by atomic mass is 10.2. The van der Waals surface area contributed by atoms with Crippen LogP contribution in [0.2, 0.25) is 0 Å². The number of alkyl halides is 3. The van der Waals surface area contributed by atoms with Crippen LogP contribution >= 0.6 is 0 Å². The fraction of sp³-hybridized carbons (Fsp3) is 0.389. The van der Waals surface area contributed by atoms with Gasteiger partial charge in [0.05, 0.1) is 18.2 Å². The number of hydrogen-bond donors (Lipinski definition) is 1. The maximum absolute atomic E-state index is 12.8. The molecule has 0 atom stereocenters. The summed E-state index contributed by atoms with van der Waals surface area (Å²) in [5.74, 6) is -0.433. The predicted molar refractivity (Wildman–Crippen MR) is 101 cm³/mol. The van der Waals surface area contributed by atoms with E-state index in [1.165, 1.54) is 24.1 Å². The lowest BCUT2D eigenvalue weighted by Gasteiger charge is -2.19. The van der Waals surface area contributed by atoms with Crippen molar-refractivity contribution in [2.45, 2.75) is 39.1 Å². The number of halogens is 3. The maximum atomic E-state index is 12.8. The molecule has 0 bridgehead atoms. The van der Waals surface area contributed by atoms with Crippen molar-refractivity contribution in [1.82, 2.24) is 24.3 Å². The molecule has 0 saturated heterocycles. The molecular weight excluding hydrogens is 405 g/mol. The number of esters is 1. The summed E-state index contributed by atoms with van der Waals surface area (Å²) in [6.07, 6.45) is -2.35. The summed E-state index contributed by atoms with van der Waals surface area (Å²) in [6.45, 7) is 4.81. The van der Waals surface area contributed by atoms with E-state index in [0.717, 1.165) is 16.8 Å². The van der Waals surface area contributed by atoms with Crippen molar-refractivity contribution < 1.29 is 22.7 Å². The maximum Gasteiger partial charge on any atom is 0.433 e. The minimum atomic E-state index is -4.54. The average Bonchev–Trinajstić information content (AvgIpc) is 2.91. The molecule has 160 valence electrons. The van der Waals surface area contributed by atoms with Crippen LogP contribution in [0.1, 0.15) is 26.5 Å². The minimum absolute atomic E-state index is 0.114. The van der Waals surface area contributed by atoms with Gasteiger partial charge in [0, 0.05) is 7.05 Å². The number of nitrogens with zero attached hydrogens (tertiary/aromatic N) is 5. The Morgan fingerprint density at radius 3 is 2.47 bits per heavy atom. The zero-order valence-corrected chi connectivity index (χ0v) is 16.6. The van der Waals surface area contributed by atoms with Gasteiger partial charge in [-0.3, -0.25) is 18.8 Å². The predicted octanol–water partition coefficient (Wildman–Crippen LogP) is 2.63. The second-order valence-corrected chi connectivity index (χ2v) is 7.49. The van der Waals surface area contributed by atoms with Crippen LogP contribution in [0.5, 0.6) is 0 Å². The Balaban J connectivity index is 1.89. The minimum Gasteiger partial charge on any atom is -0.459 e. The summed E-state index contributed by atoms with van der Waals surface area (Å²) in [5, 5.41) is 6.96. The number of aromatic nitrogens is 5. The van der Waals surface area contributed by atoms with Crippen LogP contribution in [0.3, 0.4) is 0 Å². The molecule has 0 amide bonds. The summed E-state index contributed by atoms with van der Waals surface area (Å²) in [7, 11) is 1.51. The van der Waals surface area contributed by atoms with E-state index in [-0.39, 0.29) is 29.1 Å². The highest BCUT2D eigenvalue weighted by Crippen LogP contribution is 2.28. The van der Waals surface area contributed by atoms with Gasteiger partial charge in [-0.05, 0) is 32.9 Å². The van der Waals surface area contributed by atoms with Gasteiger partial charge in [-0.15, -0.1) is 0 Å². The van der Waals surface area contributed by atoms with Crippen molar-refractivity contribution in [3.63, 3.8) is 0 Å². The van der Waals surface area contributed by atoms with E-state index < -0.39 is 29.0 Å². The summed E-state index contributed by atoms with van der Waals surface area (Å²) in [6, 6.07) is 2.02. The van der Waals surface area contributed by atoms with Gasteiger partial charge in [0.2, 0.25) is 0 Å². The topological polar surface area (TPSA) is 104 Å². The van der Waals surface area contributed by atoms with E-state index in [9.17, 15) is 22.8 Å². The number of carbonyl (C=O) groups is 1. The molecule has 0 aliphatic carbocycles. The quantitative estimate of drug-likeness (QED) is 0.642. The van der Waals surface area contributed by atoms with Crippen LogP contribution in [-0.2, 0) is 29.3 Å². The third-order valence-electron chi connectivity index (χ3n) is 3.85. The highest BCUT2D eigenvalue weighted by atomic mass is 19.4. The number of anilines is 2. The van der Waals surface area contributed by atoms with Gasteiger partial charge in [-0.1, -0.05) is 0 Å². The molecule has 0 radical (unpaired) electrons. The van der Waals surface area contributed by atoms with Gasteiger partial charge in [-0.2, -0.15) is 18.3 Å². The summed E-state index contributed by atoms with van der Waals surface area (Å²) in [5.41, 5.74) is -1.69. The standard InChI is InChI=1S/C18H19F3N6O3/c1-17(2,3)30-12(28)8-27-9-23-13-14(16(27)29)26(4)25-15(13)24-10-5-6-11(22-7-10)18(19,20)21/h5-7,9H,8H2,1-4H3,(H,24,25). The molecule has 0 aliphatic heterocycles. The Labute approximate surface area is 168 Å². The molecule has 12 heteroatoms. The van der Waals surface area contributed by atoms with Crippen LogP contribution in [0.25, 0.3) is 11.0 Å². The molecule has 0 aliphatic rings. The van der Waals surface area contributed by atoms with Gasteiger partial charge >= 0.3 is 12.1 Å². The number of fused-ring (bicyclic) bond motifs is 1. The van der Waals surface area contributed by atoms with Crippen LogP contribution in [0.15, 0.2) is 29.5 Å². The number of carbonyl (C=O) groups excluding carboxylic acids is 1. The second-order valence-electron chi connectivity index (χ2n) is 7.49. The lowest BCUT2D eigenvalue weighted by molar-refractivity contribution is -0.155. The Bertz CT molecular complexity index is 1140. The first-order valence-electron chi connectivity index (χ1n) is 8.79. The van der Waals surface area contributed by atoms with E-state index in [4.69, 9.17) is 4.74 Å². The Kier molecular flexibility index (Phi) is 5.27. The van der Waals surface area contributed by atoms with Crippen LogP contribution < -0.4 is 10.9 Å². The van der Waals surface area contributed by atoms with E-state index in [2.05, 4.69) is 20.4 Å². The molecule has 0 unspecified atom stereocenters. The van der Waals surface area contributed by atoms with Gasteiger partial charge in [0.1, 0.15) is 23.4 Å². The molecule has 0 aromatic carbocycles. The average molecular weight is 424 g/mol. The van der Waals surface area contributed by atoms with Crippen molar-refractivity contribution in [1.29, 1.82) is 0 Å². The second kappa shape index (κ2) is 7.43. The Morgan fingerprint density at radius 2 is 1.90 bits per heavy atom. The van der Waals surface area contributed by atoms with Crippen molar-refractivity contribution in [3.8, 4) is 0 Å². The zero-order chi connectivity index (χ0) is 22.3. The normalized spacial score (nSPS) is 12.2. The van der Waals surface area contributed by atoms with Crippen LogP contribution in [0.4, 0.5) is 24.7 Å². The van der Waals surface area contributed by atoms with Crippen molar-refractivity contribution in [2.24, 2.45) is 7.05 Å². The number of aryl methyl sites for hydroxylation is 1. The molecule has 3 aromatic heterocycles. The van der Waals surface area contributed by atoms with Crippen molar-refractivity contribution in [2.75, 3.05) is 5.32 Å². The van der Waals surface area contributed by atoms with E-state index in [0.29, 0.717) is 0 Å². The van der Waals surface area contributed by atoms with Gasteiger partial charge in [0.25, 0.3) is 5.56 Å². The number of ether oxygens (including phenoxy) is 1. The van der Waals surface area contributed by atoms with Crippen LogP contribution in [-0.4, -0.2) is 35.9 Å². The highest BCUT2D eigenvalue weighted by molar-refractivity contribution is 5.87. The fourth-order valence-electron chi connectivity index (χ4n) is 2.67. The van der Waals surface area contributed by atoms with E-state index >= 15 is 0 Å². The van der Waals surface area contributed by atoms with Crippen molar-refractivity contribution >= 4 is 28.5 Å². The zero-order valence-electron chi connectivity index (χ0n) is 16.6. The molecule has 9 nitrogen and oxygen atoms in total. The van der Waals surface area contributed by atoms with Crippen molar-refractivity contribution in [3.05, 3.63) is 40.7 Å². The molecule has 3 aromatic rings. The molecule has 0 saturated carbocycles. The van der Waals surface area contributed by atoms with E-state index in [1.54, 1.807) is 20.8 Å². The third kappa shape index (κ3) is 4.58. The fourth-order valence-corrected chi connectivity index (χ4v) is 2.67. The Hall–Kier alpha value is -3.44. The molecule has 0 fully saturated rings. The van der Waals surface area contributed by atoms with E-state index in [1.807, 2.05) is 0 Å². The van der Waals surface area contributed by atoms with Crippen LogP contribution in [0, 0.1) is 0 Å². The Morgan fingerprint density at radius 1 is 1.20 bits per heavy atom. The largest absolute Gasteiger partial charge is 0.459 e. The molecule has 30 heavy (non-hydrogen) atoms. The lowest BCUT2D eigenvalue weighted by Crippen LogP contribution is -2.31. The summed E-state index contributed by atoms with van der Waals surface area (Å²) in [4.78, 5) is 32.3. The molecule has 1 N–H and O–H groups in total. The third-order valence-corrected chi connectivity index (χ3v) is 3.85.